The number of nitrogens with one attached hydrogen (secondary N) is 1. The number of hydrogen-bond acceptors (Lipinski definition) is 3. The normalized spacial score (nSPS) is 23.3. The molecule has 2 aliphatic rings. The quantitative estimate of drug-likeness (QED) is 0.892. The molecule has 25 heavy (non-hydrogen) atoms. The van der Waals surface area contributed by atoms with Crippen molar-refractivity contribution in [1.82, 2.24) is 15.1 Å². The predicted octanol–water partition coefficient (Wildman–Crippen LogP) is 2.20. The van der Waals surface area contributed by atoms with Gasteiger partial charge < -0.3 is 10.2 Å². The summed E-state index contributed by atoms with van der Waals surface area (Å²) in [6.07, 6.45) is 5.36. The molecule has 0 aromatic heterocycles. The standard InChI is InChI=1S/C20H29N3O2/c1-22-15-17(13-19(22)24)20(25)21-14-18(16-9-5-4-6-10-16)23-11-7-2-3-8-12-23/h4-6,9-10,17-18H,2-3,7-8,11-15H2,1H3,(H,21,25)/t17-,18+/m0/s1. The maximum absolute atomic E-state index is 12.5. The first kappa shape index (κ1) is 17.9. The second kappa shape index (κ2) is 8.48. The molecule has 0 aliphatic carbocycles. The summed E-state index contributed by atoms with van der Waals surface area (Å²) in [5.41, 5.74) is 1.25. The molecule has 5 heteroatoms. The van der Waals surface area contributed by atoms with Crippen LogP contribution >= 0.6 is 0 Å². The van der Waals surface area contributed by atoms with Crippen molar-refractivity contribution in [2.45, 2.75) is 38.1 Å². The third-order valence-corrected chi connectivity index (χ3v) is 5.45. The fourth-order valence-electron chi connectivity index (χ4n) is 3.92. The maximum Gasteiger partial charge on any atom is 0.225 e. The zero-order valence-corrected chi connectivity index (χ0v) is 15.1. The van der Waals surface area contributed by atoms with Gasteiger partial charge in [0.1, 0.15) is 0 Å². The summed E-state index contributed by atoms with van der Waals surface area (Å²) in [6.45, 7) is 3.31. The molecule has 2 amide bonds. The highest BCUT2D eigenvalue weighted by atomic mass is 16.2. The molecule has 2 fully saturated rings. The highest BCUT2D eigenvalue weighted by molar-refractivity contribution is 5.89. The van der Waals surface area contributed by atoms with Gasteiger partial charge in [-0.15, -0.1) is 0 Å². The molecule has 1 N–H and O–H groups in total. The lowest BCUT2D eigenvalue weighted by atomic mass is 10.0. The second-order valence-electron chi connectivity index (χ2n) is 7.30. The lowest BCUT2D eigenvalue weighted by molar-refractivity contribution is -0.128. The minimum absolute atomic E-state index is 0.00783. The Morgan fingerprint density at radius 3 is 2.44 bits per heavy atom. The summed E-state index contributed by atoms with van der Waals surface area (Å²) in [5.74, 6) is -0.140. The lowest BCUT2D eigenvalue weighted by Gasteiger charge is -2.31. The maximum atomic E-state index is 12.5. The van der Waals surface area contributed by atoms with Gasteiger partial charge in [0.15, 0.2) is 0 Å². The molecule has 2 saturated heterocycles. The van der Waals surface area contributed by atoms with E-state index in [0.717, 1.165) is 13.1 Å². The SMILES string of the molecule is CN1C[C@@H](C(=O)NC[C@H](c2ccccc2)N2CCCCCC2)CC1=O. The Hall–Kier alpha value is -1.88. The van der Waals surface area contributed by atoms with Gasteiger partial charge in [0.2, 0.25) is 11.8 Å². The Labute approximate surface area is 150 Å². The molecule has 5 nitrogen and oxygen atoms in total. The van der Waals surface area contributed by atoms with Crippen LogP contribution in [0.4, 0.5) is 0 Å². The summed E-state index contributed by atoms with van der Waals surface area (Å²) in [5, 5.41) is 3.12. The summed E-state index contributed by atoms with van der Waals surface area (Å²) < 4.78 is 0. The number of amides is 2. The van der Waals surface area contributed by atoms with E-state index in [-0.39, 0.29) is 23.8 Å². The third-order valence-electron chi connectivity index (χ3n) is 5.45. The highest BCUT2D eigenvalue weighted by Crippen LogP contribution is 2.24. The molecular formula is C20H29N3O2. The van der Waals surface area contributed by atoms with E-state index in [1.54, 1.807) is 11.9 Å². The smallest absolute Gasteiger partial charge is 0.225 e. The van der Waals surface area contributed by atoms with Gasteiger partial charge in [0.05, 0.1) is 12.0 Å². The van der Waals surface area contributed by atoms with E-state index < -0.39 is 0 Å². The van der Waals surface area contributed by atoms with Crippen molar-refractivity contribution < 1.29 is 9.59 Å². The Morgan fingerprint density at radius 2 is 1.84 bits per heavy atom. The van der Waals surface area contributed by atoms with Crippen molar-refractivity contribution in [3.05, 3.63) is 35.9 Å². The number of benzene rings is 1. The molecule has 136 valence electrons. The number of hydrogen-bond donors (Lipinski definition) is 1. The third kappa shape index (κ3) is 4.60. The van der Waals surface area contributed by atoms with Gasteiger partial charge in [-0.1, -0.05) is 43.2 Å². The molecule has 0 saturated carbocycles. The van der Waals surface area contributed by atoms with Crippen molar-refractivity contribution in [2.75, 3.05) is 33.2 Å². The predicted molar refractivity (Wildman–Crippen MR) is 98.0 cm³/mol. The number of likely N-dealkylation sites (tertiary alicyclic amines) is 2. The van der Waals surface area contributed by atoms with Gasteiger partial charge in [-0.05, 0) is 31.5 Å². The highest BCUT2D eigenvalue weighted by Gasteiger charge is 2.32. The van der Waals surface area contributed by atoms with Gasteiger partial charge in [0.25, 0.3) is 0 Å². The minimum atomic E-state index is -0.210. The van der Waals surface area contributed by atoms with Crippen molar-refractivity contribution in [3.8, 4) is 0 Å². The zero-order chi connectivity index (χ0) is 17.6. The van der Waals surface area contributed by atoms with E-state index in [9.17, 15) is 9.59 Å². The van der Waals surface area contributed by atoms with Crippen molar-refractivity contribution in [3.63, 3.8) is 0 Å². The molecular weight excluding hydrogens is 314 g/mol. The molecule has 1 aromatic rings. The van der Waals surface area contributed by atoms with Crippen LogP contribution in [0.15, 0.2) is 30.3 Å². The number of carbonyl (C=O) groups is 2. The molecule has 1 aromatic carbocycles. The Morgan fingerprint density at radius 1 is 1.16 bits per heavy atom. The topological polar surface area (TPSA) is 52.7 Å². The van der Waals surface area contributed by atoms with Crippen LogP contribution < -0.4 is 5.32 Å². The van der Waals surface area contributed by atoms with E-state index in [1.165, 1.54) is 31.2 Å². The minimum Gasteiger partial charge on any atom is -0.354 e. The fraction of sp³-hybridized carbons (Fsp3) is 0.600. The van der Waals surface area contributed by atoms with Crippen LogP contribution in [-0.4, -0.2) is 54.8 Å². The summed E-state index contributed by atoms with van der Waals surface area (Å²) in [4.78, 5) is 28.3. The number of nitrogens with zero attached hydrogens (tertiary/aromatic N) is 2. The summed E-state index contributed by atoms with van der Waals surface area (Å²) >= 11 is 0. The molecule has 0 radical (unpaired) electrons. The summed E-state index contributed by atoms with van der Waals surface area (Å²) in [7, 11) is 1.76. The van der Waals surface area contributed by atoms with Crippen LogP contribution in [0.3, 0.4) is 0 Å². The van der Waals surface area contributed by atoms with Crippen LogP contribution in [0.2, 0.25) is 0 Å². The molecule has 2 atom stereocenters. The van der Waals surface area contributed by atoms with Gasteiger partial charge >= 0.3 is 0 Å². The van der Waals surface area contributed by atoms with E-state index in [4.69, 9.17) is 0 Å². The number of rotatable bonds is 5. The van der Waals surface area contributed by atoms with E-state index in [2.05, 4.69) is 34.5 Å². The van der Waals surface area contributed by atoms with Gasteiger partial charge in [-0.25, -0.2) is 0 Å². The molecule has 0 unspecified atom stereocenters. The largest absolute Gasteiger partial charge is 0.354 e. The van der Waals surface area contributed by atoms with Crippen LogP contribution in [0.25, 0.3) is 0 Å². The van der Waals surface area contributed by atoms with E-state index in [1.807, 2.05) is 6.07 Å². The summed E-state index contributed by atoms with van der Waals surface area (Å²) in [6, 6.07) is 10.7. The van der Waals surface area contributed by atoms with Crippen molar-refractivity contribution in [1.29, 1.82) is 0 Å². The molecule has 3 rings (SSSR count). The first-order valence-corrected chi connectivity index (χ1v) is 9.46. The average molecular weight is 343 g/mol. The number of carbonyl (C=O) groups excluding carboxylic acids is 2. The average Bonchev–Trinajstić information content (AvgIpc) is 2.82. The molecule has 2 heterocycles. The molecule has 2 aliphatic heterocycles. The second-order valence-corrected chi connectivity index (χ2v) is 7.30. The fourth-order valence-corrected chi connectivity index (χ4v) is 3.92. The van der Waals surface area contributed by atoms with Crippen molar-refractivity contribution >= 4 is 11.8 Å². The van der Waals surface area contributed by atoms with E-state index >= 15 is 0 Å². The Balaban J connectivity index is 1.65. The first-order valence-electron chi connectivity index (χ1n) is 9.46. The monoisotopic (exact) mass is 343 g/mol. The first-order chi connectivity index (χ1) is 12.1. The zero-order valence-electron chi connectivity index (χ0n) is 15.1. The van der Waals surface area contributed by atoms with Crippen LogP contribution in [0.1, 0.15) is 43.7 Å². The molecule has 0 spiro atoms. The van der Waals surface area contributed by atoms with Gasteiger partial charge in [0, 0.05) is 26.6 Å². The Kier molecular flexibility index (Phi) is 6.08. The van der Waals surface area contributed by atoms with Crippen molar-refractivity contribution in [2.24, 2.45) is 5.92 Å². The lowest BCUT2D eigenvalue weighted by Crippen LogP contribution is -2.41. The Bertz CT molecular complexity index is 582. The van der Waals surface area contributed by atoms with E-state index in [0.29, 0.717) is 19.5 Å². The van der Waals surface area contributed by atoms with Crippen LogP contribution in [0, 0.1) is 5.92 Å². The van der Waals surface area contributed by atoms with Gasteiger partial charge in [-0.2, -0.15) is 0 Å². The van der Waals surface area contributed by atoms with Crippen LogP contribution in [0.5, 0.6) is 0 Å². The molecule has 0 bridgehead atoms. The van der Waals surface area contributed by atoms with Gasteiger partial charge in [-0.3, -0.25) is 14.5 Å². The van der Waals surface area contributed by atoms with Crippen LogP contribution in [-0.2, 0) is 9.59 Å².